The van der Waals surface area contributed by atoms with Gasteiger partial charge < -0.3 is 0 Å². The molecule has 0 amide bonds. The van der Waals surface area contributed by atoms with Crippen molar-refractivity contribution >= 4 is 0 Å². The van der Waals surface area contributed by atoms with Gasteiger partial charge in [-0.25, -0.2) is 0 Å². The number of hydrogen-bond donors (Lipinski definition) is 0. The Hall–Kier alpha value is -1.56. The molecule has 4 unspecified atom stereocenters. The largest absolute Gasteiger partial charge is 0.0622 e. The van der Waals surface area contributed by atoms with Crippen LogP contribution in [0.1, 0.15) is 80.9 Å². The summed E-state index contributed by atoms with van der Waals surface area (Å²) in [4.78, 5) is 0. The fraction of sp³-hybridized carbons (Fsp3) is 0.625. The highest BCUT2D eigenvalue weighted by molar-refractivity contribution is 5.57. The van der Waals surface area contributed by atoms with E-state index in [0.717, 1.165) is 41.4 Å². The lowest BCUT2D eigenvalue weighted by atomic mass is 9.30. The Morgan fingerprint density at radius 3 is 1.84 bits per heavy atom. The first-order chi connectivity index (χ1) is 15.7. The second-order valence-corrected chi connectivity index (χ2v) is 13.6. The Bertz CT molecular complexity index is 1080. The van der Waals surface area contributed by atoms with Gasteiger partial charge >= 0.3 is 0 Å². The van der Waals surface area contributed by atoms with Gasteiger partial charge in [-0.05, 0) is 122 Å². The topological polar surface area (TPSA) is 0 Å². The molecular formula is C32H36. The molecule has 8 saturated carbocycles. The minimum Gasteiger partial charge on any atom is -0.0622 e. The van der Waals surface area contributed by atoms with Gasteiger partial charge in [0.15, 0.2) is 0 Å². The van der Waals surface area contributed by atoms with Crippen LogP contribution in [0.5, 0.6) is 0 Å². The van der Waals surface area contributed by atoms with E-state index in [1.54, 1.807) is 24.8 Å². The fourth-order valence-electron chi connectivity index (χ4n) is 13.0. The van der Waals surface area contributed by atoms with Crippen molar-refractivity contribution in [3.63, 3.8) is 0 Å². The zero-order valence-corrected chi connectivity index (χ0v) is 19.3. The molecule has 8 fully saturated rings. The molecule has 2 spiro atoms. The lowest BCUT2D eigenvalue weighted by molar-refractivity contribution is -0.170. The first kappa shape index (κ1) is 17.9. The van der Waals surface area contributed by atoms with Gasteiger partial charge in [0.1, 0.15) is 0 Å². The highest BCUT2D eigenvalue weighted by Gasteiger charge is 2.78. The van der Waals surface area contributed by atoms with Crippen LogP contribution in [-0.4, -0.2) is 0 Å². The molecule has 0 aromatic heterocycles. The molecule has 0 saturated heterocycles. The van der Waals surface area contributed by atoms with E-state index in [1.165, 1.54) is 44.9 Å². The monoisotopic (exact) mass is 420 g/mol. The second-order valence-electron chi connectivity index (χ2n) is 13.6. The molecule has 9 aliphatic carbocycles. The van der Waals surface area contributed by atoms with Gasteiger partial charge in [-0.1, -0.05) is 54.6 Å². The van der Waals surface area contributed by atoms with E-state index in [1.807, 2.05) is 11.1 Å². The SMILES string of the molecule is c1ccc(C23C[C@@H]4CC(C[C@@H](C4)C2)[C@]32c3ccccc3C34C[C@@H]5CC(C[C@@H](C5)C3)[C@@H]42)cc1. The summed E-state index contributed by atoms with van der Waals surface area (Å²) in [5.74, 6) is 6.86. The van der Waals surface area contributed by atoms with E-state index in [0.29, 0.717) is 16.2 Å². The van der Waals surface area contributed by atoms with Crippen LogP contribution in [-0.2, 0) is 16.2 Å². The van der Waals surface area contributed by atoms with Crippen LogP contribution in [0, 0.1) is 41.4 Å². The molecule has 0 heteroatoms. The van der Waals surface area contributed by atoms with E-state index >= 15 is 0 Å². The smallest absolute Gasteiger partial charge is 0.0121 e. The standard InChI is InChI=1S/C32H36/c1-2-6-25(7-3-1)31-18-22-11-23(19-31)15-26(14-22)32(31)28-9-5-4-8-27(28)30-16-20-10-21(17-30)13-24(12-20)29(30)32/h1-9,20-24,26,29H,10-19H2/t20-,21+,22-,23+,24?,26?,29-,30?,31?,32+/m0/s1. The normalized spacial score (nSPS) is 53.1. The lowest BCUT2D eigenvalue weighted by Gasteiger charge is -2.73. The summed E-state index contributed by atoms with van der Waals surface area (Å²) in [5, 5.41) is 0. The highest BCUT2D eigenvalue weighted by Crippen LogP contribution is 2.81. The number of rotatable bonds is 1. The zero-order chi connectivity index (χ0) is 20.7. The molecule has 164 valence electrons. The summed E-state index contributed by atoms with van der Waals surface area (Å²) < 4.78 is 0. The van der Waals surface area contributed by atoms with Gasteiger partial charge in [0.2, 0.25) is 0 Å². The average molecular weight is 421 g/mol. The average Bonchev–Trinajstić information content (AvgIpc) is 3.05. The molecule has 32 heavy (non-hydrogen) atoms. The maximum atomic E-state index is 2.66. The van der Waals surface area contributed by atoms with Gasteiger partial charge in [0, 0.05) is 16.2 Å². The number of hydrogen-bond acceptors (Lipinski definition) is 0. The summed E-state index contributed by atoms with van der Waals surface area (Å²) in [7, 11) is 0. The van der Waals surface area contributed by atoms with Crippen molar-refractivity contribution < 1.29 is 0 Å². The second kappa shape index (κ2) is 5.56. The summed E-state index contributed by atoms with van der Waals surface area (Å²) in [6.45, 7) is 0. The Labute approximate surface area is 193 Å². The molecular weight excluding hydrogens is 384 g/mol. The van der Waals surface area contributed by atoms with Crippen molar-refractivity contribution in [2.45, 2.75) is 80.5 Å². The number of fused-ring (bicyclic) bond motifs is 1. The summed E-state index contributed by atoms with van der Waals surface area (Å²) in [5.41, 5.74) is 6.76. The lowest BCUT2D eigenvalue weighted by Crippen LogP contribution is -2.70. The third-order valence-corrected chi connectivity index (χ3v) is 12.6. The van der Waals surface area contributed by atoms with E-state index < -0.39 is 0 Å². The molecule has 9 aliphatic rings. The Morgan fingerprint density at radius 2 is 1.16 bits per heavy atom. The molecule has 2 aromatic carbocycles. The molecule has 2 aromatic rings. The van der Waals surface area contributed by atoms with E-state index in [-0.39, 0.29) is 0 Å². The van der Waals surface area contributed by atoms with Crippen molar-refractivity contribution in [3.05, 3.63) is 71.3 Å². The highest BCUT2D eigenvalue weighted by atomic mass is 14.8. The Balaban J connectivity index is 1.39. The van der Waals surface area contributed by atoms with Crippen LogP contribution in [0.25, 0.3) is 0 Å². The summed E-state index contributed by atoms with van der Waals surface area (Å²) in [6, 6.07) is 22.2. The molecule has 10 atom stereocenters. The van der Waals surface area contributed by atoms with Gasteiger partial charge in [-0.15, -0.1) is 0 Å². The van der Waals surface area contributed by atoms with Gasteiger partial charge in [-0.3, -0.25) is 0 Å². The van der Waals surface area contributed by atoms with Crippen molar-refractivity contribution in [3.8, 4) is 0 Å². The molecule has 0 radical (unpaired) electrons. The maximum Gasteiger partial charge on any atom is 0.0121 e. The zero-order valence-electron chi connectivity index (χ0n) is 19.3. The van der Waals surface area contributed by atoms with E-state index in [9.17, 15) is 0 Å². The quantitative estimate of drug-likeness (QED) is 0.450. The third-order valence-electron chi connectivity index (χ3n) is 12.6. The van der Waals surface area contributed by atoms with Crippen LogP contribution in [0.15, 0.2) is 54.6 Å². The van der Waals surface area contributed by atoms with Gasteiger partial charge in [0.05, 0.1) is 0 Å². The van der Waals surface area contributed by atoms with Crippen LogP contribution < -0.4 is 0 Å². The molecule has 11 rings (SSSR count). The van der Waals surface area contributed by atoms with Gasteiger partial charge in [-0.2, -0.15) is 0 Å². The van der Waals surface area contributed by atoms with Crippen molar-refractivity contribution in [1.82, 2.24) is 0 Å². The molecule has 0 aliphatic heterocycles. The van der Waals surface area contributed by atoms with Crippen LogP contribution in [0.3, 0.4) is 0 Å². The van der Waals surface area contributed by atoms with Crippen molar-refractivity contribution in [2.75, 3.05) is 0 Å². The Kier molecular flexibility index (Phi) is 3.10. The minimum absolute atomic E-state index is 0.392. The van der Waals surface area contributed by atoms with E-state index in [2.05, 4.69) is 54.6 Å². The van der Waals surface area contributed by atoms with Crippen LogP contribution >= 0.6 is 0 Å². The third kappa shape index (κ3) is 1.76. The van der Waals surface area contributed by atoms with E-state index in [4.69, 9.17) is 0 Å². The predicted octanol–water partition coefficient (Wildman–Crippen LogP) is 7.41. The molecule has 0 heterocycles. The number of benzene rings is 2. The van der Waals surface area contributed by atoms with Crippen molar-refractivity contribution in [1.29, 1.82) is 0 Å². The first-order valence-corrected chi connectivity index (χ1v) is 13.9. The first-order valence-electron chi connectivity index (χ1n) is 13.9. The van der Waals surface area contributed by atoms with Crippen molar-refractivity contribution in [2.24, 2.45) is 41.4 Å². The van der Waals surface area contributed by atoms with Crippen LogP contribution in [0.4, 0.5) is 0 Å². The van der Waals surface area contributed by atoms with Crippen LogP contribution in [0.2, 0.25) is 0 Å². The fourth-order valence-corrected chi connectivity index (χ4v) is 13.0. The predicted molar refractivity (Wildman–Crippen MR) is 129 cm³/mol. The summed E-state index contributed by atoms with van der Waals surface area (Å²) >= 11 is 0. The van der Waals surface area contributed by atoms with Gasteiger partial charge in [0.25, 0.3) is 0 Å². The molecule has 0 nitrogen and oxygen atoms in total. The maximum absolute atomic E-state index is 2.66. The molecule has 0 N–H and O–H groups in total. The summed E-state index contributed by atoms with van der Waals surface area (Å²) in [6.07, 6.45) is 15.3. The molecule has 8 bridgehead atoms. The minimum atomic E-state index is 0.392. The Morgan fingerprint density at radius 1 is 0.562 bits per heavy atom.